The highest BCUT2D eigenvalue weighted by atomic mass is 32.2. The molecular formula is C14H13F2NS. The van der Waals surface area contributed by atoms with Crippen LogP contribution < -0.4 is 5.73 Å². The van der Waals surface area contributed by atoms with E-state index in [1.54, 1.807) is 17.8 Å². The normalized spacial score (nSPS) is 10.6. The number of rotatable bonds is 3. The Hall–Kier alpha value is -1.55. The molecule has 2 rings (SSSR count). The number of benzene rings is 2. The predicted octanol–water partition coefficient (Wildman–Crippen LogP) is 4.15. The molecule has 0 fully saturated rings. The largest absolute Gasteiger partial charge is 0.399 e. The summed E-state index contributed by atoms with van der Waals surface area (Å²) >= 11 is 1.58. The molecule has 0 saturated heterocycles. The Morgan fingerprint density at radius 1 is 1.06 bits per heavy atom. The molecule has 94 valence electrons. The average Bonchev–Trinajstić information content (AvgIpc) is 2.32. The molecule has 0 aliphatic heterocycles. The Kier molecular flexibility index (Phi) is 3.87. The molecule has 0 aliphatic rings. The Balaban J connectivity index is 2.09. The highest BCUT2D eigenvalue weighted by Crippen LogP contribution is 2.27. The fraction of sp³-hybridized carbons (Fsp3) is 0.143. The van der Waals surface area contributed by atoms with E-state index in [0.29, 0.717) is 5.75 Å². The van der Waals surface area contributed by atoms with Crippen molar-refractivity contribution in [3.8, 4) is 0 Å². The summed E-state index contributed by atoms with van der Waals surface area (Å²) in [4.78, 5) is 1.09. The zero-order valence-electron chi connectivity index (χ0n) is 9.91. The van der Waals surface area contributed by atoms with E-state index in [1.165, 1.54) is 6.07 Å². The lowest BCUT2D eigenvalue weighted by atomic mass is 10.2. The number of halogens is 2. The van der Waals surface area contributed by atoms with Crippen LogP contribution in [0.25, 0.3) is 0 Å². The van der Waals surface area contributed by atoms with Crippen LogP contribution in [0.4, 0.5) is 14.5 Å². The van der Waals surface area contributed by atoms with Crippen molar-refractivity contribution in [1.29, 1.82) is 0 Å². The summed E-state index contributed by atoms with van der Waals surface area (Å²) in [6.45, 7) is 1.98. The Labute approximate surface area is 109 Å². The van der Waals surface area contributed by atoms with Gasteiger partial charge in [0.15, 0.2) is 11.6 Å². The highest BCUT2D eigenvalue weighted by molar-refractivity contribution is 7.98. The predicted molar refractivity (Wildman–Crippen MR) is 71.5 cm³/mol. The lowest BCUT2D eigenvalue weighted by Crippen LogP contribution is -1.89. The molecule has 0 bridgehead atoms. The maximum absolute atomic E-state index is 13.0. The summed E-state index contributed by atoms with van der Waals surface area (Å²) in [7, 11) is 0. The van der Waals surface area contributed by atoms with E-state index in [0.717, 1.165) is 27.8 Å². The lowest BCUT2D eigenvalue weighted by molar-refractivity contribution is 0.507. The number of nitrogens with two attached hydrogens (primary N) is 1. The van der Waals surface area contributed by atoms with E-state index < -0.39 is 11.6 Å². The summed E-state index contributed by atoms with van der Waals surface area (Å²) in [6, 6.07) is 9.65. The van der Waals surface area contributed by atoms with E-state index in [2.05, 4.69) is 0 Å². The van der Waals surface area contributed by atoms with E-state index in [-0.39, 0.29) is 0 Å². The quantitative estimate of drug-likeness (QED) is 0.666. The van der Waals surface area contributed by atoms with Gasteiger partial charge in [0.25, 0.3) is 0 Å². The first-order chi connectivity index (χ1) is 8.56. The fourth-order valence-electron chi connectivity index (χ4n) is 1.63. The van der Waals surface area contributed by atoms with Crippen LogP contribution in [-0.4, -0.2) is 0 Å². The average molecular weight is 265 g/mol. The van der Waals surface area contributed by atoms with Crippen LogP contribution in [0.15, 0.2) is 41.3 Å². The summed E-state index contributed by atoms with van der Waals surface area (Å²) in [5, 5.41) is 0. The van der Waals surface area contributed by atoms with Crippen molar-refractivity contribution in [2.45, 2.75) is 17.6 Å². The second kappa shape index (κ2) is 5.40. The van der Waals surface area contributed by atoms with Crippen LogP contribution in [0.3, 0.4) is 0 Å². The van der Waals surface area contributed by atoms with Crippen LogP contribution in [0, 0.1) is 18.6 Å². The number of aryl methyl sites for hydroxylation is 1. The van der Waals surface area contributed by atoms with Gasteiger partial charge in [-0.15, -0.1) is 11.8 Å². The van der Waals surface area contributed by atoms with Crippen molar-refractivity contribution >= 4 is 17.4 Å². The van der Waals surface area contributed by atoms with Crippen molar-refractivity contribution in [3.05, 3.63) is 59.2 Å². The highest BCUT2D eigenvalue weighted by Gasteiger charge is 2.04. The first kappa shape index (κ1) is 12.9. The molecule has 0 unspecified atom stereocenters. The van der Waals surface area contributed by atoms with Crippen molar-refractivity contribution in [2.75, 3.05) is 5.73 Å². The third kappa shape index (κ3) is 3.01. The maximum Gasteiger partial charge on any atom is 0.159 e. The molecule has 2 aromatic rings. The van der Waals surface area contributed by atoms with E-state index in [9.17, 15) is 8.78 Å². The monoisotopic (exact) mass is 265 g/mol. The molecular weight excluding hydrogens is 252 g/mol. The van der Waals surface area contributed by atoms with Crippen molar-refractivity contribution < 1.29 is 8.78 Å². The molecule has 0 aromatic heterocycles. The first-order valence-electron chi connectivity index (χ1n) is 5.49. The summed E-state index contributed by atoms with van der Waals surface area (Å²) in [6.07, 6.45) is 0. The van der Waals surface area contributed by atoms with Gasteiger partial charge in [-0.25, -0.2) is 8.78 Å². The standard InChI is InChI=1S/C14H13F2NS/c1-9-6-11(17)3-5-14(9)18-8-10-2-4-12(15)13(16)7-10/h2-7H,8,17H2,1H3. The van der Waals surface area contributed by atoms with E-state index >= 15 is 0 Å². The lowest BCUT2D eigenvalue weighted by Gasteiger charge is -2.07. The molecule has 0 spiro atoms. The van der Waals surface area contributed by atoms with Gasteiger partial charge in [-0.05, 0) is 48.4 Å². The topological polar surface area (TPSA) is 26.0 Å². The van der Waals surface area contributed by atoms with Gasteiger partial charge in [0.1, 0.15) is 0 Å². The third-order valence-corrected chi connectivity index (χ3v) is 3.82. The number of nitrogen functional groups attached to an aromatic ring is 1. The zero-order valence-corrected chi connectivity index (χ0v) is 10.7. The maximum atomic E-state index is 13.0. The van der Waals surface area contributed by atoms with Crippen LogP contribution in [-0.2, 0) is 5.75 Å². The van der Waals surface area contributed by atoms with Crippen LogP contribution in [0.1, 0.15) is 11.1 Å². The second-order valence-electron chi connectivity index (χ2n) is 4.06. The summed E-state index contributed by atoms with van der Waals surface area (Å²) < 4.78 is 25.8. The zero-order chi connectivity index (χ0) is 13.1. The van der Waals surface area contributed by atoms with E-state index in [4.69, 9.17) is 5.73 Å². The van der Waals surface area contributed by atoms with Crippen LogP contribution >= 0.6 is 11.8 Å². The molecule has 0 amide bonds. The van der Waals surface area contributed by atoms with Crippen molar-refractivity contribution in [3.63, 3.8) is 0 Å². The van der Waals surface area contributed by atoms with Gasteiger partial charge < -0.3 is 5.73 Å². The second-order valence-corrected chi connectivity index (χ2v) is 5.08. The molecule has 0 saturated carbocycles. The Bertz CT molecular complexity index is 570. The first-order valence-corrected chi connectivity index (χ1v) is 6.47. The summed E-state index contributed by atoms with van der Waals surface area (Å²) in [5.74, 6) is -1.02. The fourth-order valence-corrected chi connectivity index (χ4v) is 2.58. The molecule has 0 atom stereocenters. The van der Waals surface area contributed by atoms with Crippen LogP contribution in [0.5, 0.6) is 0 Å². The van der Waals surface area contributed by atoms with E-state index in [1.807, 2.05) is 25.1 Å². The number of thioether (sulfide) groups is 1. The van der Waals surface area contributed by atoms with Gasteiger partial charge in [0.05, 0.1) is 0 Å². The molecule has 2 aromatic carbocycles. The van der Waals surface area contributed by atoms with Gasteiger partial charge in [-0.2, -0.15) is 0 Å². The van der Waals surface area contributed by atoms with Gasteiger partial charge in [0, 0.05) is 16.3 Å². The Morgan fingerprint density at radius 2 is 1.83 bits per heavy atom. The van der Waals surface area contributed by atoms with Crippen LogP contribution in [0.2, 0.25) is 0 Å². The van der Waals surface area contributed by atoms with Crippen molar-refractivity contribution in [2.24, 2.45) is 0 Å². The molecule has 4 heteroatoms. The molecule has 0 heterocycles. The van der Waals surface area contributed by atoms with Gasteiger partial charge in [-0.3, -0.25) is 0 Å². The summed E-state index contributed by atoms with van der Waals surface area (Å²) in [5.41, 5.74) is 8.24. The van der Waals surface area contributed by atoms with Gasteiger partial charge in [0.2, 0.25) is 0 Å². The Morgan fingerprint density at radius 3 is 2.50 bits per heavy atom. The minimum Gasteiger partial charge on any atom is -0.399 e. The molecule has 2 N–H and O–H groups in total. The SMILES string of the molecule is Cc1cc(N)ccc1SCc1ccc(F)c(F)c1. The third-order valence-electron chi connectivity index (χ3n) is 2.58. The number of anilines is 1. The van der Waals surface area contributed by atoms with Crippen molar-refractivity contribution in [1.82, 2.24) is 0 Å². The minimum absolute atomic E-state index is 0.599. The molecule has 18 heavy (non-hydrogen) atoms. The van der Waals surface area contributed by atoms with Gasteiger partial charge >= 0.3 is 0 Å². The van der Waals surface area contributed by atoms with Gasteiger partial charge in [-0.1, -0.05) is 6.07 Å². The molecule has 0 aliphatic carbocycles. The molecule has 0 radical (unpaired) electrons. The smallest absolute Gasteiger partial charge is 0.159 e. The minimum atomic E-state index is -0.813. The number of hydrogen-bond acceptors (Lipinski definition) is 2. The number of hydrogen-bond donors (Lipinski definition) is 1. The molecule has 1 nitrogen and oxygen atoms in total.